The number of alkyl halides is 6. The van der Waals surface area contributed by atoms with E-state index < -0.39 is 71.6 Å². The van der Waals surface area contributed by atoms with Crippen LogP contribution in [0, 0.1) is 11.8 Å². The number of hydrogen-bond donors (Lipinski definition) is 4. The summed E-state index contributed by atoms with van der Waals surface area (Å²) in [6.45, 7) is 8.02. The van der Waals surface area contributed by atoms with Crippen LogP contribution in [0.4, 0.5) is 26.3 Å². The summed E-state index contributed by atoms with van der Waals surface area (Å²) < 4.78 is 128. The molecule has 0 radical (unpaired) electrons. The van der Waals surface area contributed by atoms with E-state index in [0.717, 1.165) is 63.3 Å². The van der Waals surface area contributed by atoms with Crippen LogP contribution in [0.15, 0.2) is 133 Å². The molecule has 0 aliphatic rings. The van der Waals surface area contributed by atoms with Gasteiger partial charge in [0.15, 0.2) is 0 Å². The molecule has 6 aromatic rings. The van der Waals surface area contributed by atoms with Crippen LogP contribution < -0.4 is 41.3 Å². The molecule has 0 aliphatic heterocycles. The van der Waals surface area contributed by atoms with Crippen molar-refractivity contribution in [1.29, 1.82) is 0 Å². The number of fused-ring (bicyclic) bond motifs is 2. The summed E-state index contributed by atoms with van der Waals surface area (Å²) in [7, 11) is -14.3. The van der Waals surface area contributed by atoms with Crippen molar-refractivity contribution in [1.82, 2.24) is 20.1 Å². The van der Waals surface area contributed by atoms with E-state index in [9.17, 15) is 52.8 Å². The summed E-state index contributed by atoms with van der Waals surface area (Å²) in [5.74, 6) is -2.26. The molecule has 2 amide bonds. The van der Waals surface area contributed by atoms with Crippen LogP contribution in [0.3, 0.4) is 0 Å². The SMILES string of the molecule is CC(C)CC(CP(c1ccccc1)c1ccc2ccccc2c1-c1c(P(CC(CC(C)C)NCCC(=O)NS(=O)(=O)C(F)(F)F)c2ccccc2)ccc2ccccc12)NCCC(=O)NS(=O)(=O)C(F)(F)F. The minimum Gasteiger partial charge on any atom is -0.313 e. The largest absolute Gasteiger partial charge is 0.516 e. The van der Waals surface area contributed by atoms with Crippen molar-refractivity contribution >= 4 is 90.5 Å². The molecule has 0 saturated heterocycles. The third-order valence-corrected chi connectivity index (χ3v) is 19.4. The molecule has 0 spiro atoms. The van der Waals surface area contributed by atoms with Gasteiger partial charge in [-0.15, -0.1) is 0 Å². The molecule has 6 rings (SSSR count). The number of hydrogen-bond acceptors (Lipinski definition) is 8. The Labute approximate surface area is 419 Å². The molecule has 0 aliphatic carbocycles. The number of rotatable bonds is 23. The number of carbonyl (C=O) groups is 2. The van der Waals surface area contributed by atoms with Gasteiger partial charge in [0.25, 0.3) is 0 Å². The highest BCUT2D eigenvalue weighted by atomic mass is 32.2. The molecule has 0 saturated carbocycles. The highest BCUT2D eigenvalue weighted by Crippen LogP contribution is 2.47. The van der Waals surface area contributed by atoms with Crippen LogP contribution in [0.2, 0.25) is 0 Å². The molecular formula is C52H58F6N4O6P2S2. The normalized spacial score (nSPS) is 14.3. The molecule has 0 heterocycles. The van der Waals surface area contributed by atoms with Crippen molar-refractivity contribution in [2.24, 2.45) is 11.8 Å². The van der Waals surface area contributed by atoms with Crippen molar-refractivity contribution in [2.75, 3.05) is 25.4 Å². The predicted octanol–water partition coefficient (Wildman–Crippen LogP) is 9.25. The molecule has 4 atom stereocenters. The lowest BCUT2D eigenvalue weighted by Gasteiger charge is -2.32. The van der Waals surface area contributed by atoms with Crippen molar-refractivity contribution in [3.8, 4) is 11.1 Å². The Bertz CT molecular complexity index is 2830. The van der Waals surface area contributed by atoms with E-state index in [-0.39, 0.29) is 37.0 Å². The molecule has 72 heavy (non-hydrogen) atoms. The monoisotopic (exact) mass is 1070 g/mol. The van der Waals surface area contributed by atoms with Gasteiger partial charge in [0.2, 0.25) is 11.8 Å². The molecule has 10 nitrogen and oxygen atoms in total. The average molecular weight is 1080 g/mol. The fourth-order valence-corrected chi connectivity index (χ4v) is 15.1. The quantitative estimate of drug-likeness (QED) is 0.0367. The zero-order chi connectivity index (χ0) is 52.4. The zero-order valence-corrected chi connectivity index (χ0v) is 43.5. The average Bonchev–Trinajstić information content (AvgIpc) is 3.31. The summed E-state index contributed by atoms with van der Waals surface area (Å²) in [5.41, 5.74) is -9.27. The maximum Gasteiger partial charge on any atom is 0.516 e. The number of amides is 2. The van der Waals surface area contributed by atoms with E-state index in [2.05, 4.69) is 83.4 Å². The highest BCUT2D eigenvalue weighted by molar-refractivity contribution is 7.91. The van der Waals surface area contributed by atoms with Gasteiger partial charge in [-0.2, -0.15) is 43.2 Å². The van der Waals surface area contributed by atoms with E-state index >= 15 is 0 Å². The van der Waals surface area contributed by atoms with Crippen molar-refractivity contribution in [2.45, 2.75) is 76.5 Å². The van der Waals surface area contributed by atoms with Gasteiger partial charge in [0.1, 0.15) is 0 Å². The Morgan fingerprint density at radius 3 is 1.15 bits per heavy atom. The molecular weight excluding hydrogens is 1020 g/mol. The van der Waals surface area contributed by atoms with Crippen LogP contribution in [0.1, 0.15) is 53.4 Å². The smallest absolute Gasteiger partial charge is 0.313 e. The Hall–Kier alpha value is -4.96. The third-order valence-electron chi connectivity index (χ3n) is 11.8. The second-order valence-electron chi connectivity index (χ2n) is 18.3. The van der Waals surface area contributed by atoms with Gasteiger partial charge in [-0.05, 0) is 107 Å². The lowest BCUT2D eigenvalue weighted by molar-refractivity contribution is -0.120. The lowest BCUT2D eigenvalue weighted by Crippen LogP contribution is -2.42. The van der Waals surface area contributed by atoms with Gasteiger partial charge >= 0.3 is 31.1 Å². The van der Waals surface area contributed by atoms with Gasteiger partial charge in [0, 0.05) is 38.0 Å². The first-order valence-corrected chi connectivity index (χ1v) is 29.4. The van der Waals surface area contributed by atoms with E-state index in [1.165, 1.54) is 0 Å². The Morgan fingerprint density at radius 1 is 0.486 bits per heavy atom. The Balaban J connectivity index is 1.50. The summed E-state index contributed by atoms with van der Waals surface area (Å²) in [6, 6.07) is 44.4. The third kappa shape index (κ3) is 14.6. The number of carbonyl (C=O) groups excluding carboxylic acids is 2. The Morgan fingerprint density at radius 2 is 0.819 bits per heavy atom. The molecule has 0 bridgehead atoms. The first kappa shape index (κ1) is 56.3. The van der Waals surface area contributed by atoms with E-state index in [4.69, 9.17) is 0 Å². The minimum absolute atomic E-state index is 0.0864. The zero-order valence-electron chi connectivity index (χ0n) is 40.1. The van der Waals surface area contributed by atoms with Gasteiger partial charge < -0.3 is 10.6 Å². The number of benzene rings is 6. The summed E-state index contributed by atoms with van der Waals surface area (Å²) >= 11 is 0. The second kappa shape index (κ2) is 24.4. The van der Waals surface area contributed by atoms with Crippen molar-refractivity contribution < 1.29 is 52.8 Å². The standard InChI is InChI=1S/C52H58F6N4O6P2S2/c1-35(2)31-39(59-29-27-47(63)61-71(65,66)51(53,54)55)33-69(41-17-7-5-8-18-41)45-25-23-37-15-11-13-21-43(37)49(45)50-44-22-14-12-16-38(44)24-26-46(50)70(42-19-9-6-10-20-42)34-40(32-36(3)4)60-30-28-48(64)62-72(67,68)52(56,57)58/h5-26,35-36,39-40,59-60H,27-34H2,1-4H3,(H,61,63)(H,62,64). The van der Waals surface area contributed by atoms with E-state index in [1.54, 1.807) is 0 Å². The van der Waals surface area contributed by atoms with Crippen LogP contribution >= 0.6 is 15.8 Å². The summed E-state index contributed by atoms with van der Waals surface area (Å²) in [5, 5.41) is 15.0. The van der Waals surface area contributed by atoms with Crippen LogP contribution in [0.25, 0.3) is 32.7 Å². The molecule has 20 heteroatoms. The molecule has 4 N–H and O–H groups in total. The van der Waals surface area contributed by atoms with Gasteiger partial charge in [-0.1, -0.05) is 161 Å². The number of nitrogens with one attached hydrogen (secondary N) is 4. The molecule has 0 fully saturated rings. The summed E-state index contributed by atoms with van der Waals surface area (Å²) in [4.78, 5) is 25.1. The van der Waals surface area contributed by atoms with Gasteiger partial charge in [-0.3, -0.25) is 9.59 Å². The highest BCUT2D eigenvalue weighted by Gasteiger charge is 2.47. The van der Waals surface area contributed by atoms with E-state index in [1.807, 2.05) is 88.4 Å². The second-order valence-corrected chi connectivity index (χ2v) is 26.1. The van der Waals surface area contributed by atoms with Gasteiger partial charge in [0.05, 0.1) is 0 Å². The van der Waals surface area contributed by atoms with Crippen LogP contribution in [0.5, 0.6) is 0 Å². The fourth-order valence-electron chi connectivity index (χ4n) is 8.72. The molecule has 4 unspecified atom stereocenters. The molecule has 0 aromatic heterocycles. The first-order chi connectivity index (χ1) is 34.0. The van der Waals surface area contributed by atoms with Crippen molar-refractivity contribution in [3.63, 3.8) is 0 Å². The number of halogens is 6. The molecule has 386 valence electrons. The topological polar surface area (TPSA) is 151 Å². The van der Waals surface area contributed by atoms with Crippen LogP contribution in [-0.2, 0) is 29.6 Å². The van der Waals surface area contributed by atoms with Gasteiger partial charge in [-0.25, -0.2) is 9.44 Å². The number of sulfonamides is 2. The predicted molar refractivity (Wildman–Crippen MR) is 280 cm³/mol. The fraction of sp³-hybridized carbons (Fsp3) is 0.346. The lowest BCUT2D eigenvalue weighted by atomic mass is 9.93. The Kier molecular flexibility index (Phi) is 19.1. The minimum atomic E-state index is -5.87. The maximum absolute atomic E-state index is 13.1. The van der Waals surface area contributed by atoms with E-state index in [0.29, 0.717) is 25.2 Å². The molecule has 6 aromatic carbocycles. The van der Waals surface area contributed by atoms with Crippen LogP contribution in [-0.4, -0.2) is 77.2 Å². The summed E-state index contributed by atoms with van der Waals surface area (Å²) in [6.07, 6.45) is 1.29. The first-order valence-electron chi connectivity index (χ1n) is 23.4. The maximum atomic E-state index is 13.1. The van der Waals surface area contributed by atoms with Crippen molar-refractivity contribution in [3.05, 3.63) is 133 Å².